The zero-order valence-electron chi connectivity index (χ0n) is 10.8. The Hall–Kier alpha value is -1.12. The van der Waals surface area contributed by atoms with Gasteiger partial charge in [-0.3, -0.25) is 0 Å². The summed E-state index contributed by atoms with van der Waals surface area (Å²) in [7, 11) is 0. The molecule has 0 fully saturated rings. The van der Waals surface area contributed by atoms with Crippen LogP contribution in [0.3, 0.4) is 0 Å². The summed E-state index contributed by atoms with van der Waals surface area (Å²) in [6.07, 6.45) is 3.66. The highest BCUT2D eigenvalue weighted by molar-refractivity contribution is 7.08. The summed E-state index contributed by atoms with van der Waals surface area (Å²) in [6.45, 7) is 3.34. The average molecular weight is 257 g/mol. The molecule has 1 N–H and O–H groups in total. The first-order valence-corrected chi connectivity index (χ1v) is 7.72. The third-order valence-corrected chi connectivity index (χ3v) is 4.43. The Morgan fingerprint density at radius 2 is 2.28 bits per heavy atom. The molecule has 2 heteroatoms. The topological polar surface area (TPSA) is 12.0 Å². The van der Waals surface area contributed by atoms with Crippen LogP contribution in [-0.2, 0) is 6.42 Å². The van der Waals surface area contributed by atoms with E-state index in [4.69, 9.17) is 0 Å². The highest BCUT2D eigenvalue weighted by Crippen LogP contribution is 2.38. The fraction of sp³-hybridized carbons (Fsp3) is 0.375. The molecular weight excluding hydrogens is 238 g/mol. The van der Waals surface area contributed by atoms with Crippen LogP contribution < -0.4 is 5.32 Å². The van der Waals surface area contributed by atoms with Crippen LogP contribution in [0.1, 0.15) is 36.9 Å². The molecule has 1 aliphatic rings. The molecule has 0 radical (unpaired) electrons. The van der Waals surface area contributed by atoms with Crippen molar-refractivity contribution in [2.24, 2.45) is 0 Å². The van der Waals surface area contributed by atoms with Gasteiger partial charge in [-0.1, -0.05) is 25.1 Å². The summed E-state index contributed by atoms with van der Waals surface area (Å²) >= 11 is 1.78. The molecule has 3 rings (SSSR count). The van der Waals surface area contributed by atoms with Crippen molar-refractivity contribution in [1.29, 1.82) is 0 Å². The van der Waals surface area contributed by atoms with E-state index in [0.29, 0.717) is 6.04 Å². The highest BCUT2D eigenvalue weighted by Gasteiger charge is 2.24. The van der Waals surface area contributed by atoms with Gasteiger partial charge in [0.2, 0.25) is 0 Å². The molecule has 0 bridgehead atoms. The number of benzene rings is 1. The van der Waals surface area contributed by atoms with Crippen LogP contribution in [0, 0.1) is 0 Å². The maximum atomic E-state index is 3.66. The summed E-state index contributed by atoms with van der Waals surface area (Å²) < 4.78 is 0. The molecule has 1 aromatic heterocycles. The Kier molecular flexibility index (Phi) is 3.48. The lowest BCUT2D eigenvalue weighted by Gasteiger charge is -2.14. The standard InChI is InChI=1S/C16H19NS/c1-2-9-17-16-7-6-14-13(4-3-5-15(14)16)12-8-10-18-11-12/h3-5,8,10-11,16-17H,2,6-7,9H2,1H3. The summed E-state index contributed by atoms with van der Waals surface area (Å²) in [4.78, 5) is 0. The Morgan fingerprint density at radius 1 is 1.33 bits per heavy atom. The molecule has 0 saturated heterocycles. The predicted octanol–water partition coefficient (Wildman–Crippen LogP) is 4.40. The Bertz CT molecular complexity index is 516. The zero-order chi connectivity index (χ0) is 12.4. The minimum atomic E-state index is 0.568. The lowest BCUT2D eigenvalue weighted by molar-refractivity contribution is 0.529. The number of rotatable bonds is 4. The van der Waals surface area contributed by atoms with Gasteiger partial charge in [-0.25, -0.2) is 0 Å². The van der Waals surface area contributed by atoms with Crippen molar-refractivity contribution in [3.63, 3.8) is 0 Å². The van der Waals surface area contributed by atoms with Gasteiger partial charge in [0.15, 0.2) is 0 Å². The van der Waals surface area contributed by atoms with E-state index in [9.17, 15) is 0 Å². The van der Waals surface area contributed by atoms with Crippen molar-refractivity contribution in [3.8, 4) is 11.1 Å². The van der Waals surface area contributed by atoms with Crippen LogP contribution in [0.25, 0.3) is 11.1 Å². The molecule has 1 atom stereocenters. The van der Waals surface area contributed by atoms with E-state index in [0.717, 1.165) is 6.54 Å². The minimum Gasteiger partial charge on any atom is -0.310 e. The molecule has 1 nitrogen and oxygen atoms in total. The van der Waals surface area contributed by atoms with Gasteiger partial charge in [0.1, 0.15) is 0 Å². The van der Waals surface area contributed by atoms with Crippen molar-refractivity contribution >= 4 is 11.3 Å². The lowest BCUT2D eigenvalue weighted by atomic mass is 9.98. The Balaban J connectivity index is 1.94. The van der Waals surface area contributed by atoms with Crippen LogP contribution in [0.4, 0.5) is 0 Å². The number of fused-ring (bicyclic) bond motifs is 1. The predicted molar refractivity (Wildman–Crippen MR) is 79.1 cm³/mol. The molecule has 1 aromatic carbocycles. The Labute approximate surface area is 113 Å². The summed E-state index contributed by atoms with van der Waals surface area (Å²) in [6, 6.07) is 9.57. The van der Waals surface area contributed by atoms with Crippen LogP contribution in [0.2, 0.25) is 0 Å². The van der Waals surface area contributed by atoms with Crippen LogP contribution in [0.5, 0.6) is 0 Å². The van der Waals surface area contributed by atoms with Crippen molar-refractivity contribution in [2.45, 2.75) is 32.2 Å². The summed E-state index contributed by atoms with van der Waals surface area (Å²) in [5.41, 5.74) is 5.90. The second-order valence-corrected chi connectivity index (χ2v) is 5.71. The van der Waals surface area contributed by atoms with Crippen LogP contribution in [-0.4, -0.2) is 6.54 Å². The summed E-state index contributed by atoms with van der Waals surface area (Å²) in [5.74, 6) is 0. The number of thiophene rings is 1. The van der Waals surface area contributed by atoms with E-state index < -0.39 is 0 Å². The molecule has 0 spiro atoms. The first kappa shape index (κ1) is 11.9. The average Bonchev–Trinajstić information content (AvgIpc) is 3.05. The number of nitrogens with one attached hydrogen (secondary N) is 1. The van der Waals surface area contributed by atoms with Gasteiger partial charge in [-0.05, 0) is 64.9 Å². The molecule has 2 aromatic rings. The van der Waals surface area contributed by atoms with Gasteiger partial charge in [0.05, 0.1) is 0 Å². The van der Waals surface area contributed by atoms with E-state index in [1.54, 1.807) is 16.9 Å². The van der Waals surface area contributed by atoms with E-state index in [2.05, 4.69) is 47.3 Å². The monoisotopic (exact) mass is 257 g/mol. The maximum absolute atomic E-state index is 3.66. The molecule has 1 heterocycles. The third-order valence-electron chi connectivity index (χ3n) is 3.74. The highest BCUT2D eigenvalue weighted by atomic mass is 32.1. The molecule has 94 valence electrons. The first-order chi connectivity index (χ1) is 8.90. The van der Waals surface area contributed by atoms with E-state index in [-0.39, 0.29) is 0 Å². The van der Waals surface area contributed by atoms with Crippen LogP contribution >= 0.6 is 11.3 Å². The van der Waals surface area contributed by atoms with Gasteiger partial charge in [0, 0.05) is 6.04 Å². The van der Waals surface area contributed by atoms with Crippen molar-refractivity contribution < 1.29 is 0 Å². The lowest BCUT2D eigenvalue weighted by Crippen LogP contribution is -2.19. The molecule has 0 amide bonds. The second kappa shape index (κ2) is 5.25. The van der Waals surface area contributed by atoms with E-state index in [1.165, 1.54) is 36.0 Å². The molecular formula is C16H19NS. The third kappa shape index (κ3) is 2.11. The SMILES string of the molecule is CCCNC1CCc2c(-c3ccsc3)cccc21. The first-order valence-electron chi connectivity index (χ1n) is 6.78. The molecule has 1 unspecified atom stereocenters. The van der Waals surface area contributed by atoms with Gasteiger partial charge in [-0.15, -0.1) is 0 Å². The van der Waals surface area contributed by atoms with E-state index in [1.807, 2.05) is 0 Å². The smallest absolute Gasteiger partial charge is 0.0326 e. The largest absolute Gasteiger partial charge is 0.310 e. The van der Waals surface area contributed by atoms with E-state index >= 15 is 0 Å². The van der Waals surface area contributed by atoms with Crippen molar-refractivity contribution in [1.82, 2.24) is 5.32 Å². The molecule has 1 aliphatic carbocycles. The van der Waals surface area contributed by atoms with Gasteiger partial charge in [-0.2, -0.15) is 11.3 Å². The van der Waals surface area contributed by atoms with Gasteiger partial charge in [0.25, 0.3) is 0 Å². The second-order valence-electron chi connectivity index (χ2n) is 4.93. The zero-order valence-corrected chi connectivity index (χ0v) is 11.6. The quantitative estimate of drug-likeness (QED) is 0.856. The number of hydrogen-bond donors (Lipinski definition) is 1. The van der Waals surface area contributed by atoms with Crippen molar-refractivity contribution in [3.05, 3.63) is 46.2 Å². The van der Waals surface area contributed by atoms with Gasteiger partial charge >= 0.3 is 0 Å². The number of hydrogen-bond acceptors (Lipinski definition) is 2. The molecule has 0 aliphatic heterocycles. The van der Waals surface area contributed by atoms with Crippen molar-refractivity contribution in [2.75, 3.05) is 6.54 Å². The fourth-order valence-corrected chi connectivity index (χ4v) is 3.53. The Morgan fingerprint density at radius 3 is 3.06 bits per heavy atom. The van der Waals surface area contributed by atoms with Crippen LogP contribution in [0.15, 0.2) is 35.0 Å². The molecule has 0 saturated carbocycles. The van der Waals surface area contributed by atoms with Gasteiger partial charge < -0.3 is 5.32 Å². The maximum Gasteiger partial charge on any atom is 0.0326 e. The normalized spacial score (nSPS) is 17.9. The minimum absolute atomic E-state index is 0.568. The summed E-state index contributed by atoms with van der Waals surface area (Å²) in [5, 5.41) is 8.08. The molecule has 18 heavy (non-hydrogen) atoms. The fourth-order valence-electron chi connectivity index (χ4n) is 2.87.